The van der Waals surface area contributed by atoms with Crippen LogP contribution in [0.3, 0.4) is 0 Å². The van der Waals surface area contributed by atoms with Crippen LogP contribution < -0.4 is 10.1 Å². The van der Waals surface area contributed by atoms with E-state index in [1.54, 1.807) is 13.1 Å². The topological polar surface area (TPSA) is 84.7 Å². The predicted octanol–water partition coefficient (Wildman–Crippen LogP) is 3.37. The molecule has 3 rings (SSSR count). The fraction of sp³-hybridized carbons (Fsp3) is 0.389. The average molecular weight is 379 g/mol. The van der Waals surface area contributed by atoms with Crippen molar-refractivity contribution in [2.24, 2.45) is 0 Å². The molecule has 2 heterocycles. The van der Waals surface area contributed by atoms with Gasteiger partial charge in [0.25, 0.3) is 5.91 Å². The Morgan fingerprint density at radius 1 is 1.26 bits per heavy atom. The van der Waals surface area contributed by atoms with E-state index >= 15 is 0 Å². The molecule has 0 spiro atoms. The lowest BCUT2D eigenvalue weighted by atomic mass is 9.92. The number of alkyl halides is 2. The highest BCUT2D eigenvalue weighted by atomic mass is 19.3. The normalized spacial score (nSPS) is 19.9. The Morgan fingerprint density at radius 2 is 1.93 bits per heavy atom. The summed E-state index contributed by atoms with van der Waals surface area (Å²) >= 11 is 0. The van der Waals surface area contributed by atoms with Crippen LogP contribution >= 0.6 is 0 Å². The number of aromatic nitrogens is 1. The SMILES string of the molecule is CC(C)c1cnc(CN2C(=O)NC(C)(c3ccc(OC(F)F)cc3)C2=O)o1. The lowest BCUT2D eigenvalue weighted by Crippen LogP contribution is -2.40. The predicted molar refractivity (Wildman–Crippen MR) is 90.1 cm³/mol. The van der Waals surface area contributed by atoms with E-state index in [0.717, 1.165) is 4.90 Å². The highest BCUT2D eigenvalue weighted by Crippen LogP contribution is 2.31. The van der Waals surface area contributed by atoms with Gasteiger partial charge in [0.1, 0.15) is 23.6 Å². The van der Waals surface area contributed by atoms with Gasteiger partial charge in [0.05, 0.1) is 6.20 Å². The van der Waals surface area contributed by atoms with Gasteiger partial charge in [0.15, 0.2) is 0 Å². The van der Waals surface area contributed by atoms with Crippen LogP contribution in [0.15, 0.2) is 34.9 Å². The number of ether oxygens (including phenoxy) is 1. The molecule has 1 aromatic heterocycles. The van der Waals surface area contributed by atoms with Gasteiger partial charge in [-0.2, -0.15) is 8.78 Å². The molecule has 1 aliphatic rings. The van der Waals surface area contributed by atoms with E-state index in [2.05, 4.69) is 15.0 Å². The third-order valence-electron chi connectivity index (χ3n) is 4.37. The molecule has 0 radical (unpaired) electrons. The van der Waals surface area contributed by atoms with Crippen molar-refractivity contribution >= 4 is 11.9 Å². The number of hydrogen-bond donors (Lipinski definition) is 1. The van der Waals surface area contributed by atoms with Crippen LogP contribution in [0.4, 0.5) is 13.6 Å². The van der Waals surface area contributed by atoms with Crippen LogP contribution in [-0.2, 0) is 16.9 Å². The molecule has 1 atom stereocenters. The number of nitrogens with zero attached hydrogens (tertiary/aromatic N) is 2. The molecule has 0 saturated carbocycles. The first kappa shape index (κ1) is 18.8. The van der Waals surface area contributed by atoms with Gasteiger partial charge >= 0.3 is 12.6 Å². The van der Waals surface area contributed by atoms with E-state index < -0.39 is 24.1 Å². The summed E-state index contributed by atoms with van der Waals surface area (Å²) in [6.07, 6.45) is 1.57. The van der Waals surface area contributed by atoms with Crippen molar-refractivity contribution in [3.05, 3.63) is 47.7 Å². The van der Waals surface area contributed by atoms with Gasteiger partial charge in [-0.05, 0) is 24.6 Å². The van der Waals surface area contributed by atoms with Crippen LogP contribution in [0.2, 0.25) is 0 Å². The van der Waals surface area contributed by atoms with Gasteiger partial charge < -0.3 is 14.5 Å². The molecule has 9 heteroatoms. The van der Waals surface area contributed by atoms with Crippen LogP contribution in [0.25, 0.3) is 0 Å². The average Bonchev–Trinajstić information content (AvgIpc) is 3.15. The van der Waals surface area contributed by atoms with Gasteiger partial charge in [-0.1, -0.05) is 26.0 Å². The number of carbonyl (C=O) groups is 2. The highest BCUT2D eigenvalue weighted by molar-refractivity contribution is 6.07. The standard InChI is InChI=1S/C18H19F2N3O4/c1-10(2)13-8-21-14(27-13)9-23-15(24)18(3,22-17(23)25)11-4-6-12(7-5-11)26-16(19)20/h4-8,10,16H,9H2,1-3H3,(H,22,25). The number of carbonyl (C=O) groups excluding carboxylic acids is 2. The number of benzene rings is 1. The molecular formula is C18H19F2N3O4. The lowest BCUT2D eigenvalue weighted by Gasteiger charge is -2.22. The number of nitrogens with one attached hydrogen (secondary N) is 1. The number of halogens is 2. The molecule has 1 fully saturated rings. The number of hydrogen-bond acceptors (Lipinski definition) is 5. The quantitative estimate of drug-likeness (QED) is 0.778. The lowest BCUT2D eigenvalue weighted by molar-refractivity contribution is -0.131. The van der Waals surface area contributed by atoms with Crippen molar-refractivity contribution in [1.82, 2.24) is 15.2 Å². The smallest absolute Gasteiger partial charge is 0.387 e. The van der Waals surface area contributed by atoms with Crippen molar-refractivity contribution in [2.75, 3.05) is 0 Å². The third kappa shape index (κ3) is 3.62. The second kappa shape index (κ2) is 6.98. The Bertz CT molecular complexity index is 851. The van der Waals surface area contributed by atoms with Crippen molar-refractivity contribution in [3.8, 4) is 5.75 Å². The molecule has 3 amide bonds. The van der Waals surface area contributed by atoms with Crippen molar-refractivity contribution in [3.63, 3.8) is 0 Å². The molecule has 1 N–H and O–H groups in total. The molecule has 27 heavy (non-hydrogen) atoms. The highest BCUT2D eigenvalue weighted by Gasteiger charge is 2.49. The van der Waals surface area contributed by atoms with Crippen LogP contribution in [-0.4, -0.2) is 28.4 Å². The second-order valence-corrected chi connectivity index (χ2v) is 6.66. The molecule has 144 valence electrons. The van der Waals surface area contributed by atoms with Crippen LogP contribution in [0.1, 0.15) is 43.9 Å². The van der Waals surface area contributed by atoms with Gasteiger partial charge in [-0.3, -0.25) is 9.69 Å². The first-order valence-corrected chi connectivity index (χ1v) is 8.34. The zero-order valence-corrected chi connectivity index (χ0v) is 15.0. The maximum atomic E-state index is 12.9. The summed E-state index contributed by atoms with van der Waals surface area (Å²) in [5.74, 6) is 0.529. The molecule has 1 unspecified atom stereocenters. The van der Waals surface area contributed by atoms with Crippen molar-refractivity contribution < 1.29 is 27.5 Å². The molecule has 1 saturated heterocycles. The molecular weight excluding hydrogens is 360 g/mol. The number of amides is 3. The fourth-order valence-electron chi connectivity index (χ4n) is 2.81. The van der Waals surface area contributed by atoms with Gasteiger partial charge in [0, 0.05) is 5.92 Å². The monoisotopic (exact) mass is 379 g/mol. The molecule has 7 nitrogen and oxygen atoms in total. The maximum Gasteiger partial charge on any atom is 0.387 e. The molecule has 2 aromatic rings. The minimum Gasteiger partial charge on any atom is -0.443 e. The van der Waals surface area contributed by atoms with Gasteiger partial charge in [-0.25, -0.2) is 9.78 Å². The van der Waals surface area contributed by atoms with E-state index in [4.69, 9.17) is 4.42 Å². The molecule has 1 aliphatic heterocycles. The number of imide groups is 1. The summed E-state index contributed by atoms with van der Waals surface area (Å²) < 4.78 is 34.4. The molecule has 0 aliphatic carbocycles. The Labute approximate surface area is 154 Å². The van der Waals surface area contributed by atoms with Gasteiger partial charge in [0.2, 0.25) is 5.89 Å². The van der Waals surface area contributed by atoms with Crippen LogP contribution in [0, 0.1) is 0 Å². The molecule has 1 aromatic carbocycles. The van der Waals surface area contributed by atoms with E-state index in [-0.39, 0.29) is 24.1 Å². The summed E-state index contributed by atoms with van der Waals surface area (Å²) in [4.78, 5) is 30.3. The number of rotatable bonds is 6. The Morgan fingerprint density at radius 3 is 2.48 bits per heavy atom. The van der Waals surface area contributed by atoms with Crippen LogP contribution in [0.5, 0.6) is 5.75 Å². The minimum atomic E-state index is -2.94. The number of urea groups is 1. The Hall–Kier alpha value is -2.97. The van der Waals surface area contributed by atoms with E-state index in [1.807, 2.05) is 13.8 Å². The third-order valence-corrected chi connectivity index (χ3v) is 4.37. The summed E-state index contributed by atoms with van der Waals surface area (Å²) in [5.41, 5.74) is -0.881. The second-order valence-electron chi connectivity index (χ2n) is 6.66. The summed E-state index contributed by atoms with van der Waals surface area (Å²) in [6, 6.07) is 4.97. The fourth-order valence-corrected chi connectivity index (χ4v) is 2.81. The Kier molecular flexibility index (Phi) is 4.86. The van der Waals surface area contributed by atoms with E-state index in [0.29, 0.717) is 11.3 Å². The first-order valence-electron chi connectivity index (χ1n) is 8.34. The largest absolute Gasteiger partial charge is 0.443 e. The summed E-state index contributed by atoms with van der Waals surface area (Å²) in [6.45, 7) is 2.39. The zero-order chi connectivity index (χ0) is 19.8. The van der Waals surface area contributed by atoms with E-state index in [9.17, 15) is 18.4 Å². The number of oxazole rings is 1. The maximum absolute atomic E-state index is 12.9. The molecule has 0 bridgehead atoms. The summed E-state index contributed by atoms with van der Waals surface area (Å²) in [7, 11) is 0. The minimum absolute atomic E-state index is 0.0352. The van der Waals surface area contributed by atoms with Gasteiger partial charge in [-0.15, -0.1) is 0 Å². The van der Waals surface area contributed by atoms with E-state index in [1.165, 1.54) is 24.3 Å². The van der Waals surface area contributed by atoms with Crippen molar-refractivity contribution in [2.45, 2.75) is 45.4 Å². The first-order chi connectivity index (χ1) is 12.7. The Balaban J connectivity index is 1.79. The van der Waals surface area contributed by atoms with Crippen molar-refractivity contribution in [1.29, 1.82) is 0 Å². The summed E-state index contributed by atoms with van der Waals surface area (Å²) in [5, 5.41) is 2.64. The zero-order valence-electron chi connectivity index (χ0n) is 15.0.